The second kappa shape index (κ2) is 5.05. The Balaban J connectivity index is 1.94. The molecule has 0 amide bonds. The van der Waals surface area contributed by atoms with E-state index in [4.69, 9.17) is 20.2 Å². The number of hydrogen-bond donors (Lipinski definition) is 0. The van der Waals surface area contributed by atoms with Gasteiger partial charge in [0.1, 0.15) is 16.2 Å². The minimum absolute atomic E-state index is 0.0309. The first-order valence-corrected chi connectivity index (χ1v) is 7.80. The number of aromatic nitrogens is 1. The lowest BCUT2D eigenvalue weighted by Gasteiger charge is -2.06. The molecular formula is C14H10ClNO4S. The number of rotatable bonds is 3. The van der Waals surface area contributed by atoms with Crippen molar-refractivity contribution in [2.45, 2.75) is 11.8 Å². The normalized spacial score (nSPS) is 11.7. The summed E-state index contributed by atoms with van der Waals surface area (Å²) in [5, 5.41) is 0.452. The molecule has 5 nitrogen and oxygen atoms in total. The molecule has 3 rings (SSSR count). The van der Waals surface area contributed by atoms with Gasteiger partial charge in [-0.05, 0) is 36.4 Å². The van der Waals surface area contributed by atoms with Gasteiger partial charge >= 0.3 is 10.1 Å². The number of oxazole rings is 1. The average Bonchev–Trinajstić information content (AvgIpc) is 2.78. The second-order valence-corrected chi connectivity index (χ2v) is 6.34. The maximum atomic E-state index is 12.1. The summed E-state index contributed by atoms with van der Waals surface area (Å²) in [5.41, 5.74) is 1.11. The third kappa shape index (κ3) is 2.86. The summed E-state index contributed by atoms with van der Waals surface area (Å²) in [7, 11) is -3.91. The molecule has 3 aromatic rings. The zero-order chi connectivity index (χ0) is 15.0. The standard InChI is InChI=1S/C14H10ClNO4S/c1-9-16-13-8-11(4-7-14(13)19-9)20-21(17,18)12-5-2-10(15)3-6-12/h2-8H,1H3. The van der Waals surface area contributed by atoms with E-state index < -0.39 is 10.1 Å². The minimum Gasteiger partial charge on any atom is -0.441 e. The lowest BCUT2D eigenvalue weighted by Crippen LogP contribution is -2.09. The fourth-order valence-electron chi connectivity index (χ4n) is 1.85. The molecule has 0 aliphatic carbocycles. The summed E-state index contributed by atoms with van der Waals surface area (Å²) in [5.74, 6) is 0.674. The molecule has 0 aliphatic heterocycles. The largest absolute Gasteiger partial charge is 0.441 e. The van der Waals surface area contributed by atoms with Crippen LogP contribution in [0, 0.1) is 6.92 Å². The van der Waals surface area contributed by atoms with Crippen LogP contribution in [0.25, 0.3) is 11.1 Å². The Morgan fingerprint density at radius 1 is 1.14 bits per heavy atom. The van der Waals surface area contributed by atoms with Crippen molar-refractivity contribution in [2.24, 2.45) is 0 Å². The Morgan fingerprint density at radius 3 is 2.57 bits per heavy atom. The first-order chi connectivity index (χ1) is 9.94. The minimum atomic E-state index is -3.91. The quantitative estimate of drug-likeness (QED) is 0.689. The zero-order valence-electron chi connectivity index (χ0n) is 10.9. The van der Waals surface area contributed by atoms with Gasteiger partial charge in [-0.3, -0.25) is 0 Å². The molecule has 0 saturated carbocycles. The van der Waals surface area contributed by atoms with Crippen LogP contribution in [-0.2, 0) is 10.1 Å². The SMILES string of the molecule is Cc1nc2cc(OS(=O)(=O)c3ccc(Cl)cc3)ccc2o1. The Hall–Kier alpha value is -2.05. The van der Waals surface area contributed by atoms with Crippen LogP contribution in [0.2, 0.25) is 5.02 Å². The number of hydrogen-bond acceptors (Lipinski definition) is 5. The molecule has 0 spiro atoms. The molecule has 21 heavy (non-hydrogen) atoms. The van der Waals surface area contributed by atoms with Gasteiger partial charge in [0.25, 0.3) is 0 Å². The molecule has 1 aromatic heterocycles. The van der Waals surface area contributed by atoms with Crippen LogP contribution in [0.15, 0.2) is 51.8 Å². The van der Waals surface area contributed by atoms with Crippen LogP contribution in [0.1, 0.15) is 5.89 Å². The van der Waals surface area contributed by atoms with Gasteiger partial charge in [0.2, 0.25) is 0 Å². The number of nitrogens with zero attached hydrogens (tertiary/aromatic N) is 1. The predicted molar refractivity (Wildman–Crippen MR) is 78.0 cm³/mol. The van der Waals surface area contributed by atoms with Gasteiger partial charge in [-0.25, -0.2) is 4.98 Å². The molecule has 0 unspecified atom stereocenters. The predicted octanol–water partition coefficient (Wildman–Crippen LogP) is 3.56. The highest BCUT2D eigenvalue weighted by Crippen LogP contribution is 2.24. The Morgan fingerprint density at radius 2 is 1.86 bits per heavy atom. The molecular weight excluding hydrogens is 314 g/mol. The Labute approximate surface area is 126 Å². The highest BCUT2D eigenvalue weighted by atomic mass is 35.5. The molecule has 0 atom stereocenters. The Bertz CT molecular complexity index is 900. The number of aryl methyl sites for hydroxylation is 1. The summed E-state index contributed by atoms with van der Waals surface area (Å²) in [6.45, 7) is 1.71. The molecule has 0 radical (unpaired) electrons. The van der Waals surface area contributed by atoms with Crippen molar-refractivity contribution in [3.63, 3.8) is 0 Å². The first-order valence-electron chi connectivity index (χ1n) is 6.01. The van der Waals surface area contributed by atoms with Crippen molar-refractivity contribution < 1.29 is 17.0 Å². The van der Waals surface area contributed by atoms with Crippen molar-refractivity contribution in [2.75, 3.05) is 0 Å². The zero-order valence-corrected chi connectivity index (χ0v) is 12.5. The van der Waals surface area contributed by atoms with E-state index in [0.717, 1.165) is 0 Å². The highest BCUT2D eigenvalue weighted by molar-refractivity contribution is 7.87. The van der Waals surface area contributed by atoms with Crippen LogP contribution >= 0.6 is 11.6 Å². The number of fused-ring (bicyclic) bond motifs is 1. The van der Waals surface area contributed by atoms with Gasteiger partial charge in [-0.15, -0.1) is 0 Å². The lowest BCUT2D eigenvalue weighted by atomic mass is 10.3. The fourth-order valence-corrected chi connectivity index (χ4v) is 2.90. The molecule has 0 bridgehead atoms. The van der Waals surface area contributed by atoms with Crippen LogP contribution in [0.3, 0.4) is 0 Å². The van der Waals surface area contributed by atoms with E-state index in [-0.39, 0.29) is 10.6 Å². The molecule has 2 aromatic carbocycles. The maximum Gasteiger partial charge on any atom is 0.339 e. The molecule has 7 heteroatoms. The summed E-state index contributed by atoms with van der Waals surface area (Å²) in [6.07, 6.45) is 0. The maximum absolute atomic E-state index is 12.1. The molecule has 0 N–H and O–H groups in total. The van der Waals surface area contributed by atoms with E-state index in [1.807, 2.05) is 0 Å². The first kappa shape index (κ1) is 13.9. The van der Waals surface area contributed by atoms with Gasteiger partial charge in [0, 0.05) is 18.0 Å². The van der Waals surface area contributed by atoms with E-state index in [1.54, 1.807) is 13.0 Å². The monoisotopic (exact) mass is 323 g/mol. The Kier molecular flexibility index (Phi) is 3.35. The number of benzene rings is 2. The van der Waals surface area contributed by atoms with E-state index in [2.05, 4.69) is 4.98 Å². The summed E-state index contributed by atoms with van der Waals surface area (Å²) >= 11 is 5.74. The topological polar surface area (TPSA) is 69.4 Å². The van der Waals surface area contributed by atoms with Crippen molar-refractivity contribution >= 4 is 32.8 Å². The van der Waals surface area contributed by atoms with Crippen LogP contribution in [0.4, 0.5) is 0 Å². The van der Waals surface area contributed by atoms with Crippen LogP contribution in [0.5, 0.6) is 5.75 Å². The molecule has 0 saturated heterocycles. The second-order valence-electron chi connectivity index (χ2n) is 4.35. The van der Waals surface area contributed by atoms with E-state index in [9.17, 15) is 8.42 Å². The lowest BCUT2D eigenvalue weighted by molar-refractivity contribution is 0.486. The molecule has 1 heterocycles. The van der Waals surface area contributed by atoms with Crippen molar-refractivity contribution in [3.05, 3.63) is 53.4 Å². The van der Waals surface area contributed by atoms with Crippen molar-refractivity contribution in [1.29, 1.82) is 0 Å². The van der Waals surface area contributed by atoms with Gasteiger partial charge in [0.15, 0.2) is 11.5 Å². The van der Waals surface area contributed by atoms with Crippen LogP contribution < -0.4 is 4.18 Å². The summed E-state index contributed by atoms with van der Waals surface area (Å²) in [6, 6.07) is 10.4. The number of halogens is 1. The van der Waals surface area contributed by atoms with Gasteiger partial charge in [0.05, 0.1) is 0 Å². The van der Waals surface area contributed by atoms with Gasteiger partial charge in [-0.2, -0.15) is 8.42 Å². The van der Waals surface area contributed by atoms with E-state index in [1.165, 1.54) is 36.4 Å². The van der Waals surface area contributed by atoms with Gasteiger partial charge < -0.3 is 8.60 Å². The van der Waals surface area contributed by atoms with E-state index >= 15 is 0 Å². The van der Waals surface area contributed by atoms with Crippen LogP contribution in [-0.4, -0.2) is 13.4 Å². The third-order valence-corrected chi connectivity index (χ3v) is 4.29. The van der Waals surface area contributed by atoms with E-state index in [0.29, 0.717) is 22.0 Å². The average molecular weight is 324 g/mol. The molecule has 108 valence electrons. The summed E-state index contributed by atoms with van der Waals surface area (Å²) in [4.78, 5) is 4.16. The molecule has 0 fully saturated rings. The third-order valence-electron chi connectivity index (χ3n) is 2.77. The van der Waals surface area contributed by atoms with Gasteiger partial charge in [-0.1, -0.05) is 11.6 Å². The van der Waals surface area contributed by atoms with Crippen molar-refractivity contribution in [1.82, 2.24) is 4.98 Å². The van der Waals surface area contributed by atoms with Crippen molar-refractivity contribution in [3.8, 4) is 5.75 Å². The fraction of sp³-hybridized carbons (Fsp3) is 0.0714. The highest BCUT2D eigenvalue weighted by Gasteiger charge is 2.17. The summed E-state index contributed by atoms with van der Waals surface area (Å²) < 4.78 is 34.7. The molecule has 0 aliphatic rings. The smallest absolute Gasteiger partial charge is 0.339 e.